The average Bonchev–Trinajstić information content (AvgIpc) is 2.47. The number of Topliss-reactive ketones (excluding diaryl/α,β-unsaturated/α-hetero) is 1. The molecule has 4 heteroatoms. The lowest BCUT2D eigenvalue weighted by atomic mass is 10.1. The van der Waals surface area contributed by atoms with Crippen LogP contribution in [0.3, 0.4) is 0 Å². The van der Waals surface area contributed by atoms with E-state index in [0.717, 1.165) is 43.8 Å². The zero-order valence-electron chi connectivity index (χ0n) is 10.6. The summed E-state index contributed by atoms with van der Waals surface area (Å²) in [5.74, 6) is 0.173. The van der Waals surface area contributed by atoms with Crippen LogP contribution in [0.2, 0.25) is 0 Å². The number of carbonyl (C=O) groups excluding carboxylic acids is 2. The summed E-state index contributed by atoms with van der Waals surface area (Å²) in [6.07, 6.45) is 1.44. The van der Waals surface area contributed by atoms with E-state index in [2.05, 4.69) is 4.90 Å². The summed E-state index contributed by atoms with van der Waals surface area (Å²) < 4.78 is 0. The van der Waals surface area contributed by atoms with Gasteiger partial charge in [0.2, 0.25) is 6.41 Å². The monoisotopic (exact) mass is 246 g/mol. The van der Waals surface area contributed by atoms with Crippen LogP contribution in [0.15, 0.2) is 24.3 Å². The van der Waals surface area contributed by atoms with Gasteiger partial charge in [0.25, 0.3) is 0 Å². The lowest BCUT2D eigenvalue weighted by Gasteiger charge is -2.34. The molecule has 0 N–H and O–H groups in total. The molecular formula is C14H18N2O2. The molecular weight excluding hydrogens is 228 g/mol. The van der Waals surface area contributed by atoms with Crippen LogP contribution in [-0.2, 0) is 4.79 Å². The van der Waals surface area contributed by atoms with Crippen molar-refractivity contribution in [2.24, 2.45) is 0 Å². The molecule has 0 saturated carbocycles. The van der Waals surface area contributed by atoms with Crippen molar-refractivity contribution in [1.82, 2.24) is 4.90 Å². The van der Waals surface area contributed by atoms with E-state index >= 15 is 0 Å². The van der Waals surface area contributed by atoms with E-state index in [9.17, 15) is 9.59 Å². The van der Waals surface area contributed by atoms with E-state index in [4.69, 9.17) is 0 Å². The second-order valence-corrected chi connectivity index (χ2v) is 4.45. The van der Waals surface area contributed by atoms with E-state index in [1.54, 1.807) is 4.90 Å². The van der Waals surface area contributed by atoms with Crippen LogP contribution in [0.4, 0.5) is 5.69 Å². The number of rotatable bonds is 4. The zero-order chi connectivity index (χ0) is 13.0. The molecule has 1 fully saturated rings. The Morgan fingerprint density at radius 1 is 1.17 bits per heavy atom. The summed E-state index contributed by atoms with van der Waals surface area (Å²) in [5, 5.41) is 0. The van der Waals surface area contributed by atoms with Gasteiger partial charge in [0, 0.05) is 43.9 Å². The highest BCUT2D eigenvalue weighted by atomic mass is 16.1. The second kappa shape index (κ2) is 5.67. The number of anilines is 1. The topological polar surface area (TPSA) is 40.6 Å². The van der Waals surface area contributed by atoms with Crippen molar-refractivity contribution in [3.05, 3.63) is 29.8 Å². The Morgan fingerprint density at radius 3 is 2.28 bits per heavy atom. The summed E-state index contributed by atoms with van der Waals surface area (Å²) in [5.41, 5.74) is 1.89. The Labute approximate surface area is 107 Å². The molecule has 4 nitrogen and oxygen atoms in total. The Kier molecular flexibility index (Phi) is 3.97. The Morgan fingerprint density at radius 2 is 1.78 bits per heavy atom. The van der Waals surface area contributed by atoms with Crippen molar-refractivity contribution >= 4 is 17.9 Å². The summed E-state index contributed by atoms with van der Waals surface area (Å²) in [4.78, 5) is 26.2. The van der Waals surface area contributed by atoms with Gasteiger partial charge in [0.15, 0.2) is 5.78 Å². The standard InChI is InChI=1S/C14H18N2O2/c1-2-14(18)12-3-5-13(6-4-12)16-9-7-15(11-17)8-10-16/h3-6,11H,2,7-10H2,1H3. The van der Waals surface area contributed by atoms with Crippen LogP contribution in [-0.4, -0.2) is 43.3 Å². The third-order valence-electron chi connectivity index (χ3n) is 3.34. The number of carbonyl (C=O) groups is 2. The minimum atomic E-state index is 0.173. The third kappa shape index (κ3) is 2.70. The van der Waals surface area contributed by atoms with Gasteiger partial charge in [-0.15, -0.1) is 0 Å². The minimum absolute atomic E-state index is 0.173. The SMILES string of the molecule is CCC(=O)c1ccc(N2CCN(C=O)CC2)cc1. The maximum absolute atomic E-state index is 11.5. The third-order valence-corrected chi connectivity index (χ3v) is 3.34. The summed E-state index contributed by atoms with van der Waals surface area (Å²) in [7, 11) is 0. The molecule has 0 aromatic heterocycles. The van der Waals surface area contributed by atoms with Gasteiger partial charge < -0.3 is 9.80 Å². The van der Waals surface area contributed by atoms with E-state index in [1.807, 2.05) is 31.2 Å². The molecule has 1 heterocycles. The van der Waals surface area contributed by atoms with E-state index < -0.39 is 0 Å². The van der Waals surface area contributed by atoms with Gasteiger partial charge in [-0.05, 0) is 24.3 Å². The van der Waals surface area contributed by atoms with Gasteiger partial charge in [-0.1, -0.05) is 6.92 Å². The van der Waals surface area contributed by atoms with E-state index in [-0.39, 0.29) is 5.78 Å². The molecule has 0 aliphatic carbocycles. The van der Waals surface area contributed by atoms with Gasteiger partial charge >= 0.3 is 0 Å². The molecule has 1 aliphatic rings. The molecule has 18 heavy (non-hydrogen) atoms. The number of nitrogens with zero attached hydrogens (tertiary/aromatic N) is 2. The Hall–Kier alpha value is -1.84. The zero-order valence-corrected chi connectivity index (χ0v) is 10.6. The number of piperazine rings is 1. The average molecular weight is 246 g/mol. The first-order chi connectivity index (χ1) is 8.74. The van der Waals surface area contributed by atoms with Gasteiger partial charge in [-0.3, -0.25) is 9.59 Å². The van der Waals surface area contributed by atoms with Crippen LogP contribution in [0, 0.1) is 0 Å². The van der Waals surface area contributed by atoms with Crippen molar-refractivity contribution in [2.75, 3.05) is 31.1 Å². The van der Waals surface area contributed by atoms with E-state index in [1.165, 1.54) is 0 Å². The molecule has 0 unspecified atom stereocenters. The lowest BCUT2D eigenvalue weighted by molar-refractivity contribution is -0.118. The van der Waals surface area contributed by atoms with E-state index in [0.29, 0.717) is 6.42 Å². The van der Waals surface area contributed by atoms with Crippen LogP contribution < -0.4 is 4.90 Å². The van der Waals surface area contributed by atoms with Crippen LogP contribution in [0.5, 0.6) is 0 Å². The van der Waals surface area contributed by atoms with Crippen molar-refractivity contribution in [1.29, 1.82) is 0 Å². The van der Waals surface area contributed by atoms with Crippen LogP contribution in [0.25, 0.3) is 0 Å². The minimum Gasteiger partial charge on any atom is -0.368 e. The van der Waals surface area contributed by atoms with Crippen molar-refractivity contribution in [3.63, 3.8) is 0 Å². The first-order valence-corrected chi connectivity index (χ1v) is 6.32. The van der Waals surface area contributed by atoms with Crippen LogP contribution in [0.1, 0.15) is 23.7 Å². The molecule has 0 radical (unpaired) electrons. The first-order valence-electron chi connectivity index (χ1n) is 6.32. The highest BCUT2D eigenvalue weighted by Gasteiger charge is 2.15. The highest BCUT2D eigenvalue weighted by molar-refractivity contribution is 5.96. The molecule has 1 saturated heterocycles. The van der Waals surface area contributed by atoms with Crippen molar-refractivity contribution in [3.8, 4) is 0 Å². The van der Waals surface area contributed by atoms with Gasteiger partial charge in [0.05, 0.1) is 0 Å². The molecule has 1 aliphatic heterocycles. The first kappa shape index (κ1) is 12.6. The highest BCUT2D eigenvalue weighted by Crippen LogP contribution is 2.17. The summed E-state index contributed by atoms with van der Waals surface area (Å²) >= 11 is 0. The molecule has 1 amide bonds. The summed E-state index contributed by atoms with van der Waals surface area (Å²) in [6, 6.07) is 7.74. The molecule has 1 aromatic carbocycles. The molecule has 2 rings (SSSR count). The number of benzene rings is 1. The molecule has 1 aromatic rings. The van der Waals surface area contributed by atoms with Crippen molar-refractivity contribution in [2.45, 2.75) is 13.3 Å². The molecule has 0 spiro atoms. The number of amides is 1. The molecule has 96 valence electrons. The Bertz CT molecular complexity index is 420. The largest absolute Gasteiger partial charge is 0.368 e. The number of ketones is 1. The quantitative estimate of drug-likeness (QED) is 0.598. The Balaban J connectivity index is 2.02. The van der Waals surface area contributed by atoms with Gasteiger partial charge in [-0.25, -0.2) is 0 Å². The van der Waals surface area contributed by atoms with Crippen LogP contribution >= 0.6 is 0 Å². The predicted octanol–water partition coefficient (Wildman–Crippen LogP) is 1.56. The fourth-order valence-corrected chi connectivity index (χ4v) is 2.15. The van der Waals surface area contributed by atoms with Gasteiger partial charge in [0.1, 0.15) is 0 Å². The smallest absolute Gasteiger partial charge is 0.209 e. The second-order valence-electron chi connectivity index (χ2n) is 4.45. The van der Waals surface area contributed by atoms with Gasteiger partial charge in [-0.2, -0.15) is 0 Å². The maximum Gasteiger partial charge on any atom is 0.209 e. The maximum atomic E-state index is 11.5. The predicted molar refractivity (Wildman–Crippen MR) is 70.9 cm³/mol. The summed E-state index contributed by atoms with van der Waals surface area (Å²) in [6.45, 7) is 5.09. The fraction of sp³-hybridized carbons (Fsp3) is 0.429. The fourth-order valence-electron chi connectivity index (χ4n) is 2.15. The molecule has 0 atom stereocenters. The van der Waals surface area contributed by atoms with Crippen molar-refractivity contribution < 1.29 is 9.59 Å². The normalized spacial score (nSPS) is 15.6. The lowest BCUT2D eigenvalue weighted by Crippen LogP contribution is -2.45. The molecule has 0 bridgehead atoms. The number of hydrogen-bond donors (Lipinski definition) is 0. The number of hydrogen-bond acceptors (Lipinski definition) is 3.